The highest BCUT2D eigenvalue weighted by molar-refractivity contribution is 6.40. The molecule has 0 atom stereocenters. The fourth-order valence-corrected chi connectivity index (χ4v) is 3.49. The van der Waals surface area contributed by atoms with E-state index in [4.69, 9.17) is 0 Å². The molecule has 0 heterocycles. The fraction of sp³-hybridized carbons (Fsp3) is 0.882. The maximum Gasteiger partial charge on any atom is 0.268 e. The van der Waals surface area contributed by atoms with Crippen LogP contribution in [0.2, 0.25) is 0 Å². The Morgan fingerprint density at radius 2 is 1.60 bits per heavy atom. The Morgan fingerprint density at radius 1 is 1.05 bits per heavy atom. The van der Waals surface area contributed by atoms with Crippen molar-refractivity contribution in [1.29, 1.82) is 0 Å². The molecule has 0 saturated heterocycles. The van der Waals surface area contributed by atoms with E-state index in [0.29, 0.717) is 17.4 Å². The second-order valence-electron chi connectivity index (χ2n) is 7.67. The first kappa shape index (κ1) is 15.5. The van der Waals surface area contributed by atoms with Gasteiger partial charge in [0.1, 0.15) is 5.71 Å². The maximum absolute atomic E-state index is 12.5. The van der Waals surface area contributed by atoms with Gasteiger partial charge in [-0.3, -0.25) is 9.79 Å². The zero-order chi connectivity index (χ0) is 14.9. The summed E-state index contributed by atoms with van der Waals surface area (Å²) in [5.41, 5.74) is 1.21. The first-order valence-electron chi connectivity index (χ1n) is 8.08. The summed E-state index contributed by atoms with van der Waals surface area (Å²) >= 11 is 0. The van der Waals surface area contributed by atoms with Gasteiger partial charge < -0.3 is 4.90 Å². The molecule has 0 radical (unpaired) electrons. The number of hydrogen-bond acceptors (Lipinski definition) is 2. The van der Waals surface area contributed by atoms with E-state index in [1.807, 2.05) is 11.9 Å². The molecule has 0 aromatic carbocycles. The van der Waals surface area contributed by atoms with Gasteiger partial charge in [0.15, 0.2) is 0 Å². The number of carbonyl (C=O) groups is 1. The van der Waals surface area contributed by atoms with Gasteiger partial charge >= 0.3 is 0 Å². The Hall–Kier alpha value is -0.860. The second-order valence-corrected chi connectivity index (χ2v) is 7.67. The van der Waals surface area contributed by atoms with Crippen LogP contribution in [-0.2, 0) is 4.79 Å². The van der Waals surface area contributed by atoms with E-state index < -0.39 is 0 Å². The lowest BCUT2D eigenvalue weighted by Crippen LogP contribution is -2.44. The number of amides is 1. The van der Waals surface area contributed by atoms with Crippen molar-refractivity contribution in [2.45, 2.75) is 65.3 Å². The molecule has 0 spiro atoms. The molecule has 0 aromatic heterocycles. The van der Waals surface area contributed by atoms with Crippen molar-refractivity contribution < 1.29 is 4.79 Å². The molecule has 3 heteroatoms. The smallest absolute Gasteiger partial charge is 0.268 e. The molecule has 20 heavy (non-hydrogen) atoms. The minimum atomic E-state index is 0.175. The molecule has 0 N–H and O–H groups in total. The molecule has 3 nitrogen and oxygen atoms in total. The zero-order valence-electron chi connectivity index (χ0n) is 13.8. The molecule has 0 bridgehead atoms. The Morgan fingerprint density at radius 3 is 2.00 bits per heavy atom. The van der Waals surface area contributed by atoms with Gasteiger partial charge in [0.05, 0.1) is 0 Å². The zero-order valence-corrected chi connectivity index (χ0v) is 13.8. The highest BCUT2D eigenvalue weighted by Crippen LogP contribution is 2.39. The van der Waals surface area contributed by atoms with E-state index >= 15 is 0 Å². The van der Waals surface area contributed by atoms with Crippen LogP contribution in [0.1, 0.15) is 59.3 Å². The van der Waals surface area contributed by atoms with Gasteiger partial charge in [-0.25, -0.2) is 0 Å². The minimum absolute atomic E-state index is 0.175. The summed E-state index contributed by atoms with van der Waals surface area (Å²) in [6.07, 6.45) is 7.06. The molecular formula is C17H30N2O. The largest absolute Gasteiger partial charge is 0.338 e. The molecule has 1 amide bonds. The number of hydrogen-bond donors (Lipinski definition) is 0. The van der Waals surface area contributed by atoms with Crippen LogP contribution >= 0.6 is 0 Å². The van der Waals surface area contributed by atoms with Crippen LogP contribution in [-0.4, -0.2) is 36.7 Å². The van der Waals surface area contributed by atoms with Gasteiger partial charge in [-0.2, -0.15) is 0 Å². The second kappa shape index (κ2) is 5.87. The van der Waals surface area contributed by atoms with Crippen molar-refractivity contribution in [2.75, 3.05) is 14.1 Å². The molecule has 2 aliphatic carbocycles. The predicted octanol–water partition coefficient (Wildman–Crippen LogP) is 3.53. The van der Waals surface area contributed by atoms with Crippen molar-refractivity contribution in [3.05, 3.63) is 0 Å². The normalized spacial score (nSPS) is 28.4. The summed E-state index contributed by atoms with van der Waals surface area (Å²) in [5, 5.41) is 0. The highest BCUT2D eigenvalue weighted by Gasteiger charge is 2.37. The van der Waals surface area contributed by atoms with Gasteiger partial charge in [0.25, 0.3) is 5.91 Å². The van der Waals surface area contributed by atoms with E-state index in [1.165, 1.54) is 12.8 Å². The van der Waals surface area contributed by atoms with Crippen molar-refractivity contribution in [1.82, 2.24) is 4.90 Å². The van der Waals surface area contributed by atoms with Crippen LogP contribution in [0, 0.1) is 17.3 Å². The van der Waals surface area contributed by atoms with Crippen LogP contribution in [0.5, 0.6) is 0 Å². The minimum Gasteiger partial charge on any atom is -0.338 e. The van der Waals surface area contributed by atoms with Crippen LogP contribution in [0.4, 0.5) is 0 Å². The SMILES string of the molecule is CN=C(C(=O)N(C)C1CCC(C(C)(C)C)CC1)C1CC1. The molecule has 2 aliphatic rings. The van der Waals surface area contributed by atoms with Crippen molar-refractivity contribution in [2.24, 2.45) is 22.2 Å². The van der Waals surface area contributed by atoms with E-state index in [-0.39, 0.29) is 5.91 Å². The molecule has 2 fully saturated rings. The van der Waals surface area contributed by atoms with Gasteiger partial charge in [0.2, 0.25) is 0 Å². The molecular weight excluding hydrogens is 248 g/mol. The molecule has 0 aromatic rings. The summed E-state index contributed by atoms with van der Waals surface area (Å²) in [5.74, 6) is 1.42. The van der Waals surface area contributed by atoms with Gasteiger partial charge in [-0.05, 0) is 49.9 Å². The van der Waals surface area contributed by atoms with E-state index in [0.717, 1.165) is 37.3 Å². The van der Waals surface area contributed by atoms with Crippen LogP contribution in [0.3, 0.4) is 0 Å². The van der Waals surface area contributed by atoms with Crippen molar-refractivity contribution >= 4 is 11.6 Å². The summed E-state index contributed by atoms with van der Waals surface area (Å²) in [4.78, 5) is 18.7. The third-order valence-electron chi connectivity index (χ3n) is 5.21. The maximum atomic E-state index is 12.5. The van der Waals surface area contributed by atoms with Crippen LogP contribution in [0.25, 0.3) is 0 Å². The number of carbonyl (C=O) groups excluding carboxylic acids is 1. The third kappa shape index (κ3) is 3.42. The first-order chi connectivity index (χ1) is 9.34. The van der Waals surface area contributed by atoms with Gasteiger partial charge in [-0.15, -0.1) is 0 Å². The average Bonchev–Trinajstić information content (AvgIpc) is 3.22. The number of aliphatic imine (C=N–C) groups is 1. The van der Waals surface area contributed by atoms with E-state index in [2.05, 4.69) is 25.8 Å². The third-order valence-corrected chi connectivity index (χ3v) is 5.21. The Bertz CT molecular complexity index is 382. The standard InChI is InChI=1S/C17H30N2O/c1-17(2,3)13-8-10-14(11-9-13)19(5)16(20)15(18-4)12-6-7-12/h12-14H,6-11H2,1-5H3. The topological polar surface area (TPSA) is 32.7 Å². The molecule has 0 unspecified atom stereocenters. The quantitative estimate of drug-likeness (QED) is 0.727. The Kier molecular flexibility index (Phi) is 4.55. The first-order valence-corrected chi connectivity index (χ1v) is 8.08. The molecule has 0 aliphatic heterocycles. The summed E-state index contributed by atoms with van der Waals surface area (Å²) in [6.45, 7) is 7.01. The lowest BCUT2D eigenvalue weighted by atomic mass is 9.71. The monoisotopic (exact) mass is 278 g/mol. The van der Waals surface area contributed by atoms with Crippen LogP contribution in [0.15, 0.2) is 4.99 Å². The molecule has 114 valence electrons. The Balaban J connectivity index is 1.91. The van der Waals surface area contributed by atoms with E-state index in [9.17, 15) is 4.79 Å². The average molecular weight is 278 g/mol. The van der Waals surface area contributed by atoms with Crippen LogP contribution < -0.4 is 0 Å². The lowest BCUT2D eigenvalue weighted by molar-refractivity contribution is -0.125. The van der Waals surface area contributed by atoms with Gasteiger partial charge in [-0.1, -0.05) is 20.8 Å². The van der Waals surface area contributed by atoms with Crippen molar-refractivity contribution in [3.63, 3.8) is 0 Å². The van der Waals surface area contributed by atoms with Crippen molar-refractivity contribution in [3.8, 4) is 0 Å². The highest BCUT2D eigenvalue weighted by atomic mass is 16.2. The van der Waals surface area contributed by atoms with E-state index in [1.54, 1.807) is 7.05 Å². The number of rotatable bonds is 3. The summed E-state index contributed by atoms with van der Waals surface area (Å²) < 4.78 is 0. The molecule has 2 saturated carbocycles. The summed E-state index contributed by atoms with van der Waals surface area (Å²) in [6, 6.07) is 0.414. The number of nitrogens with zero attached hydrogens (tertiary/aromatic N) is 2. The Labute approximate surface area is 123 Å². The fourth-order valence-electron chi connectivity index (χ4n) is 3.49. The molecule has 2 rings (SSSR count). The summed E-state index contributed by atoms with van der Waals surface area (Å²) in [7, 11) is 3.73. The van der Waals surface area contributed by atoms with Gasteiger partial charge in [0, 0.05) is 26.1 Å². The predicted molar refractivity (Wildman–Crippen MR) is 84.1 cm³/mol. The lowest BCUT2D eigenvalue weighted by Gasteiger charge is -2.40.